The van der Waals surface area contributed by atoms with Gasteiger partial charge in [0.25, 0.3) is 0 Å². The molecule has 0 amide bonds. The van der Waals surface area contributed by atoms with E-state index >= 15 is 0 Å². The summed E-state index contributed by atoms with van der Waals surface area (Å²) in [5.41, 5.74) is 1.76. The molecule has 1 heterocycles. The Balaban J connectivity index is 1.70. The average Bonchev–Trinajstić information content (AvgIpc) is 2.89. The summed E-state index contributed by atoms with van der Waals surface area (Å²) in [6.07, 6.45) is -1.55. The van der Waals surface area contributed by atoms with Crippen LogP contribution in [0.3, 0.4) is 0 Å². The summed E-state index contributed by atoms with van der Waals surface area (Å²) in [6, 6.07) is 8.23. The van der Waals surface area contributed by atoms with Crippen LogP contribution in [0.2, 0.25) is 0 Å². The zero-order valence-electron chi connectivity index (χ0n) is 13.7. The first kappa shape index (κ1) is 16.8. The molecule has 6 heteroatoms. The maximum atomic E-state index is 13.1. The van der Waals surface area contributed by atoms with Gasteiger partial charge in [0.05, 0.1) is 5.56 Å². The number of hydrogen-bond donors (Lipinski definition) is 1. The van der Waals surface area contributed by atoms with Crippen molar-refractivity contribution in [1.29, 1.82) is 0 Å². The maximum absolute atomic E-state index is 13.1. The summed E-state index contributed by atoms with van der Waals surface area (Å²) in [5.74, 6) is 0.698. The van der Waals surface area contributed by atoms with E-state index in [0.29, 0.717) is 24.2 Å². The number of pyridine rings is 1. The Morgan fingerprint density at radius 1 is 1.17 bits per heavy atom. The van der Waals surface area contributed by atoms with Crippen molar-refractivity contribution in [2.45, 2.75) is 31.6 Å². The fourth-order valence-corrected chi connectivity index (χ4v) is 3.20. The van der Waals surface area contributed by atoms with E-state index in [4.69, 9.17) is 0 Å². The van der Waals surface area contributed by atoms with Crippen molar-refractivity contribution in [3.63, 3.8) is 0 Å². The average molecular weight is 335 g/mol. The van der Waals surface area contributed by atoms with Gasteiger partial charge in [0.1, 0.15) is 5.82 Å². The van der Waals surface area contributed by atoms with Crippen LogP contribution in [0.15, 0.2) is 36.5 Å². The smallest absolute Gasteiger partial charge is 0.367 e. The van der Waals surface area contributed by atoms with Crippen molar-refractivity contribution >= 4 is 5.82 Å². The van der Waals surface area contributed by atoms with Gasteiger partial charge in [-0.15, -0.1) is 0 Å². The number of nitrogens with one attached hydrogen (secondary N) is 1. The predicted octanol–water partition coefficient (Wildman–Crippen LogP) is 3.74. The van der Waals surface area contributed by atoms with E-state index in [-0.39, 0.29) is 6.04 Å². The number of aromatic nitrogens is 1. The molecular weight excluding hydrogens is 315 g/mol. The molecule has 0 radical (unpaired) electrons. The summed E-state index contributed by atoms with van der Waals surface area (Å²) in [7, 11) is 3.97. The standard InChI is InChI=1S/C18H20F3N3/c1-24(2)11-12-6-7-17(22-10-12)23-14-8-13-4-3-5-16(15(13)9-14)18(19,20)21/h3-7,10,14H,8-9,11H2,1-2H3,(H,22,23). The Bertz CT molecular complexity index is 708. The SMILES string of the molecule is CN(C)Cc1ccc(NC2Cc3cccc(C(F)(F)F)c3C2)nc1. The molecule has 128 valence electrons. The number of fused-ring (bicyclic) bond motifs is 1. The predicted molar refractivity (Wildman–Crippen MR) is 87.9 cm³/mol. The summed E-state index contributed by atoms with van der Waals surface area (Å²) >= 11 is 0. The van der Waals surface area contributed by atoms with Crippen molar-refractivity contribution in [2.75, 3.05) is 19.4 Å². The highest BCUT2D eigenvalue weighted by Gasteiger charge is 2.36. The minimum Gasteiger partial charge on any atom is -0.367 e. The van der Waals surface area contributed by atoms with Crippen LogP contribution in [0.4, 0.5) is 19.0 Å². The van der Waals surface area contributed by atoms with Gasteiger partial charge in [-0.2, -0.15) is 13.2 Å². The van der Waals surface area contributed by atoms with Crippen molar-refractivity contribution < 1.29 is 13.2 Å². The lowest BCUT2D eigenvalue weighted by atomic mass is 10.0. The quantitative estimate of drug-likeness (QED) is 0.922. The number of nitrogens with zero attached hydrogens (tertiary/aromatic N) is 2. The van der Waals surface area contributed by atoms with Gasteiger partial charge in [0.2, 0.25) is 0 Å². The lowest BCUT2D eigenvalue weighted by Crippen LogP contribution is -2.20. The molecule has 1 aliphatic carbocycles. The Morgan fingerprint density at radius 2 is 1.96 bits per heavy atom. The summed E-state index contributed by atoms with van der Waals surface area (Å²) in [4.78, 5) is 6.42. The van der Waals surface area contributed by atoms with Gasteiger partial charge in [0, 0.05) is 18.8 Å². The first-order chi connectivity index (χ1) is 11.3. The van der Waals surface area contributed by atoms with Crippen LogP contribution in [-0.2, 0) is 25.6 Å². The second kappa shape index (κ2) is 6.43. The largest absolute Gasteiger partial charge is 0.416 e. The van der Waals surface area contributed by atoms with Gasteiger partial charge in [-0.1, -0.05) is 18.2 Å². The third-order valence-corrected chi connectivity index (χ3v) is 4.17. The van der Waals surface area contributed by atoms with Crippen molar-refractivity contribution in [1.82, 2.24) is 9.88 Å². The number of alkyl halides is 3. The Kier molecular flexibility index (Phi) is 4.49. The van der Waals surface area contributed by atoms with Crippen LogP contribution in [0.25, 0.3) is 0 Å². The van der Waals surface area contributed by atoms with Crippen LogP contribution >= 0.6 is 0 Å². The van der Waals surface area contributed by atoms with E-state index in [0.717, 1.165) is 23.7 Å². The van der Waals surface area contributed by atoms with E-state index in [1.807, 2.05) is 26.2 Å². The molecule has 2 aromatic rings. The monoisotopic (exact) mass is 335 g/mol. The number of hydrogen-bond acceptors (Lipinski definition) is 3. The van der Waals surface area contributed by atoms with Gasteiger partial charge < -0.3 is 10.2 Å². The molecule has 1 unspecified atom stereocenters. The van der Waals surface area contributed by atoms with Gasteiger partial charge in [-0.05, 0) is 55.8 Å². The first-order valence-corrected chi connectivity index (χ1v) is 7.87. The molecule has 0 saturated heterocycles. The van der Waals surface area contributed by atoms with Crippen LogP contribution in [0.1, 0.15) is 22.3 Å². The molecule has 0 spiro atoms. The van der Waals surface area contributed by atoms with E-state index < -0.39 is 11.7 Å². The van der Waals surface area contributed by atoms with Crippen LogP contribution in [0, 0.1) is 0 Å². The molecule has 24 heavy (non-hydrogen) atoms. The fourth-order valence-electron chi connectivity index (χ4n) is 3.20. The second-order valence-electron chi connectivity index (χ2n) is 6.48. The van der Waals surface area contributed by atoms with Crippen molar-refractivity contribution in [2.24, 2.45) is 0 Å². The van der Waals surface area contributed by atoms with E-state index in [9.17, 15) is 13.2 Å². The van der Waals surface area contributed by atoms with Crippen LogP contribution in [0.5, 0.6) is 0 Å². The topological polar surface area (TPSA) is 28.2 Å². The minimum atomic E-state index is -4.30. The summed E-state index contributed by atoms with van der Waals surface area (Å²) in [6.45, 7) is 0.803. The molecule has 0 fully saturated rings. The third kappa shape index (κ3) is 3.70. The number of halogens is 3. The Hall–Kier alpha value is -2.08. The molecule has 3 rings (SSSR count). The van der Waals surface area contributed by atoms with Crippen molar-refractivity contribution in [3.05, 3.63) is 58.8 Å². The maximum Gasteiger partial charge on any atom is 0.416 e. The number of rotatable bonds is 4. The molecule has 1 N–H and O–H groups in total. The number of benzene rings is 1. The third-order valence-electron chi connectivity index (χ3n) is 4.17. The van der Waals surface area contributed by atoms with E-state index in [2.05, 4.69) is 15.2 Å². The molecule has 0 bridgehead atoms. The zero-order valence-corrected chi connectivity index (χ0v) is 13.7. The first-order valence-electron chi connectivity index (χ1n) is 7.87. The van der Waals surface area contributed by atoms with Crippen LogP contribution in [-0.4, -0.2) is 30.0 Å². The molecule has 0 saturated carbocycles. The minimum absolute atomic E-state index is 0.0595. The molecule has 1 aromatic carbocycles. The molecule has 1 aliphatic rings. The van der Waals surface area contributed by atoms with Crippen LogP contribution < -0.4 is 5.32 Å². The van der Waals surface area contributed by atoms with Crippen molar-refractivity contribution in [3.8, 4) is 0 Å². The molecule has 1 aromatic heterocycles. The van der Waals surface area contributed by atoms with Gasteiger partial charge in [-0.25, -0.2) is 4.98 Å². The second-order valence-corrected chi connectivity index (χ2v) is 6.48. The fraction of sp³-hybridized carbons (Fsp3) is 0.389. The molecular formula is C18H20F3N3. The van der Waals surface area contributed by atoms with E-state index in [1.54, 1.807) is 12.3 Å². The lowest BCUT2D eigenvalue weighted by molar-refractivity contribution is -0.138. The molecule has 1 atom stereocenters. The Labute approximate surface area is 139 Å². The highest BCUT2D eigenvalue weighted by molar-refractivity contribution is 5.45. The Morgan fingerprint density at radius 3 is 2.58 bits per heavy atom. The van der Waals surface area contributed by atoms with Gasteiger partial charge >= 0.3 is 6.18 Å². The summed E-state index contributed by atoms with van der Waals surface area (Å²) in [5, 5.41) is 3.25. The highest BCUT2D eigenvalue weighted by atomic mass is 19.4. The lowest BCUT2D eigenvalue weighted by Gasteiger charge is -2.14. The van der Waals surface area contributed by atoms with Gasteiger partial charge in [-0.3, -0.25) is 0 Å². The van der Waals surface area contributed by atoms with Gasteiger partial charge in [0.15, 0.2) is 0 Å². The zero-order chi connectivity index (χ0) is 17.3. The normalized spacial score (nSPS) is 17.2. The number of anilines is 1. The highest BCUT2D eigenvalue weighted by Crippen LogP contribution is 2.37. The molecule has 3 nitrogen and oxygen atoms in total. The molecule has 0 aliphatic heterocycles. The van der Waals surface area contributed by atoms with E-state index in [1.165, 1.54) is 6.07 Å². The summed E-state index contributed by atoms with van der Waals surface area (Å²) < 4.78 is 39.3.